The summed E-state index contributed by atoms with van der Waals surface area (Å²) in [7, 11) is 0. The van der Waals surface area contributed by atoms with Gasteiger partial charge in [0.05, 0.1) is 6.61 Å². The minimum absolute atomic E-state index is 0.306. The third-order valence-electron chi connectivity index (χ3n) is 3.42. The molecule has 21 heavy (non-hydrogen) atoms. The zero-order valence-electron chi connectivity index (χ0n) is 12.7. The Labute approximate surface area is 126 Å². The maximum atomic E-state index is 11.9. The molecule has 0 aliphatic heterocycles. The van der Waals surface area contributed by atoms with Crippen molar-refractivity contribution in [2.75, 3.05) is 6.61 Å². The fourth-order valence-corrected chi connectivity index (χ4v) is 2.35. The second-order valence-electron chi connectivity index (χ2n) is 4.94. The summed E-state index contributed by atoms with van der Waals surface area (Å²) < 4.78 is 5.08. The maximum absolute atomic E-state index is 11.9. The second kappa shape index (κ2) is 6.89. The number of carbonyl (C=O) groups excluding carboxylic acids is 1. The standard InChI is InChI=1S/C19H20O2/c1-4-21-19(20)13-18(16-11-7-5-9-14(16)2)17-12-8-6-10-15(17)3/h5-13H,4H2,1-3H3. The number of esters is 1. The van der Waals surface area contributed by atoms with Crippen molar-refractivity contribution in [3.8, 4) is 0 Å². The fourth-order valence-electron chi connectivity index (χ4n) is 2.35. The first-order valence-corrected chi connectivity index (χ1v) is 7.14. The van der Waals surface area contributed by atoms with Gasteiger partial charge >= 0.3 is 5.97 Å². The first-order chi connectivity index (χ1) is 10.1. The van der Waals surface area contributed by atoms with Gasteiger partial charge in [-0.05, 0) is 48.6 Å². The Morgan fingerprint density at radius 1 is 0.952 bits per heavy atom. The van der Waals surface area contributed by atoms with Crippen LogP contribution in [-0.4, -0.2) is 12.6 Å². The van der Waals surface area contributed by atoms with Crippen LogP contribution < -0.4 is 0 Å². The van der Waals surface area contributed by atoms with Gasteiger partial charge in [-0.3, -0.25) is 0 Å². The summed E-state index contributed by atoms with van der Waals surface area (Å²) in [6.07, 6.45) is 1.59. The summed E-state index contributed by atoms with van der Waals surface area (Å²) in [4.78, 5) is 11.9. The van der Waals surface area contributed by atoms with Crippen LogP contribution in [0.4, 0.5) is 0 Å². The summed E-state index contributed by atoms with van der Waals surface area (Å²) in [5.41, 5.74) is 5.29. The SMILES string of the molecule is CCOC(=O)C=C(c1ccccc1C)c1ccccc1C. The van der Waals surface area contributed by atoms with Gasteiger partial charge in [0.25, 0.3) is 0 Å². The second-order valence-corrected chi connectivity index (χ2v) is 4.94. The van der Waals surface area contributed by atoms with Crippen molar-refractivity contribution in [3.05, 3.63) is 76.9 Å². The highest BCUT2D eigenvalue weighted by Gasteiger charge is 2.12. The molecule has 0 bridgehead atoms. The molecule has 0 amide bonds. The summed E-state index contributed by atoms with van der Waals surface area (Å²) in [6.45, 7) is 6.29. The van der Waals surface area contributed by atoms with E-state index >= 15 is 0 Å². The third-order valence-corrected chi connectivity index (χ3v) is 3.42. The number of hydrogen-bond donors (Lipinski definition) is 0. The van der Waals surface area contributed by atoms with E-state index in [0.29, 0.717) is 6.61 Å². The van der Waals surface area contributed by atoms with Gasteiger partial charge < -0.3 is 4.74 Å². The monoisotopic (exact) mass is 280 g/mol. The van der Waals surface area contributed by atoms with Gasteiger partial charge in [0.15, 0.2) is 0 Å². The third kappa shape index (κ3) is 3.60. The highest BCUT2D eigenvalue weighted by Crippen LogP contribution is 2.28. The topological polar surface area (TPSA) is 26.3 Å². The normalized spacial score (nSPS) is 10.0. The first-order valence-electron chi connectivity index (χ1n) is 7.14. The molecule has 0 aliphatic rings. The molecule has 0 spiro atoms. The lowest BCUT2D eigenvalue weighted by molar-refractivity contribution is -0.137. The van der Waals surface area contributed by atoms with Crippen molar-refractivity contribution in [3.63, 3.8) is 0 Å². The van der Waals surface area contributed by atoms with Crippen LogP contribution in [-0.2, 0) is 9.53 Å². The van der Waals surface area contributed by atoms with E-state index in [-0.39, 0.29) is 5.97 Å². The Morgan fingerprint density at radius 2 is 1.43 bits per heavy atom. The predicted molar refractivity (Wildman–Crippen MR) is 86.1 cm³/mol. The van der Waals surface area contributed by atoms with Crippen LogP contribution in [0.25, 0.3) is 5.57 Å². The van der Waals surface area contributed by atoms with Gasteiger partial charge in [-0.15, -0.1) is 0 Å². The number of aryl methyl sites for hydroxylation is 2. The highest BCUT2D eigenvalue weighted by atomic mass is 16.5. The first kappa shape index (κ1) is 15.0. The molecule has 0 saturated carbocycles. The molecule has 2 nitrogen and oxygen atoms in total. The van der Waals surface area contributed by atoms with Crippen molar-refractivity contribution >= 4 is 11.5 Å². The summed E-state index contributed by atoms with van der Waals surface area (Å²) in [6, 6.07) is 16.1. The van der Waals surface area contributed by atoms with Crippen molar-refractivity contribution in [2.24, 2.45) is 0 Å². The van der Waals surface area contributed by atoms with Crippen LogP contribution in [0.5, 0.6) is 0 Å². The van der Waals surface area contributed by atoms with Crippen molar-refractivity contribution in [1.29, 1.82) is 0 Å². The minimum atomic E-state index is -0.306. The molecule has 2 aromatic carbocycles. The summed E-state index contributed by atoms with van der Waals surface area (Å²) >= 11 is 0. The molecule has 2 heteroatoms. The number of carbonyl (C=O) groups is 1. The van der Waals surface area contributed by atoms with Crippen LogP contribution >= 0.6 is 0 Å². The Morgan fingerprint density at radius 3 is 1.86 bits per heavy atom. The number of benzene rings is 2. The van der Waals surface area contributed by atoms with E-state index in [1.54, 1.807) is 6.08 Å². The fraction of sp³-hybridized carbons (Fsp3) is 0.211. The van der Waals surface area contributed by atoms with E-state index in [0.717, 1.165) is 27.8 Å². The Balaban J connectivity index is 2.58. The Bertz CT molecular complexity index is 621. The minimum Gasteiger partial charge on any atom is -0.463 e. The van der Waals surface area contributed by atoms with E-state index in [1.807, 2.05) is 69.3 Å². The predicted octanol–water partition coefficient (Wildman–Crippen LogP) is 4.30. The molecule has 0 unspecified atom stereocenters. The van der Waals surface area contributed by atoms with E-state index < -0.39 is 0 Å². The zero-order chi connectivity index (χ0) is 15.2. The van der Waals surface area contributed by atoms with Crippen molar-refractivity contribution < 1.29 is 9.53 Å². The van der Waals surface area contributed by atoms with Gasteiger partial charge in [0.1, 0.15) is 0 Å². The molecule has 0 N–H and O–H groups in total. The Kier molecular flexibility index (Phi) is 4.94. The average molecular weight is 280 g/mol. The molecule has 0 aliphatic carbocycles. The zero-order valence-corrected chi connectivity index (χ0v) is 12.7. The van der Waals surface area contributed by atoms with Crippen LogP contribution in [0.1, 0.15) is 29.2 Å². The smallest absolute Gasteiger partial charge is 0.331 e. The molecule has 2 rings (SSSR count). The molecule has 0 radical (unpaired) electrons. The number of hydrogen-bond acceptors (Lipinski definition) is 2. The molecule has 0 fully saturated rings. The van der Waals surface area contributed by atoms with E-state index in [9.17, 15) is 4.79 Å². The molecule has 2 aromatic rings. The van der Waals surface area contributed by atoms with Gasteiger partial charge in [-0.2, -0.15) is 0 Å². The highest BCUT2D eigenvalue weighted by molar-refractivity contribution is 5.97. The lowest BCUT2D eigenvalue weighted by Gasteiger charge is -2.13. The maximum Gasteiger partial charge on any atom is 0.331 e. The van der Waals surface area contributed by atoms with Crippen LogP contribution in [0, 0.1) is 13.8 Å². The average Bonchev–Trinajstić information content (AvgIpc) is 2.47. The molecular weight excluding hydrogens is 260 g/mol. The van der Waals surface area contributed by atoms with Gasteiger partial charge in [-0.25, -0.2) is 4.79 Å². The largest absolute Gasteiger partial charge is 0.463 e. The molecule has 0 atom stereocenters. The van der Waals surface area contributed by atoms with Crippen LogP contribution in [0.3, 0.4) is 0 Å². The van der Waals surface area contributed by atoms with Crippen LogP contribution in [0.2, 0.25) is 0 Å². The quantitative estimate of drug-likeness (QED) is 0.616. The lowest BCUT2D eigenvalue weighted by Crippen LogP contribution is -2.03. The van der Waals surface area contributed by atoms with E-state index in [1.165, 1.54) is 0 Å². The molecule has 0 saturated heterocycles. The Hall–Kier alpha value is -2.35. The van der Waals surface area contributed by atoms with Crippen molar-refractivity contribution in [1.82, 2.24) is 0 Å². The number of rotatable bonds is 4. The van der Waals surface area contributed by atoms with Crippen molar-refractivity contribution in [2.45, 2.75) is 20.8 Å². The van der Waals surface area contributed by atoms with Crippen LogP contribution in [0.15, 0.2) is 54.6 Å². The van der Waals surface area contributed by atoms with Gasteiger partial charge in [-0.1, -0.05) is 48.5 Å². The lowest BCUT2D eigenvalue weighted by atomic mass is 9.91. The summed E-state index contributed by atoms with van der Waals surface area (Å²) in [5, 5.41) is 0. The number of ether oxygens (including phenoxy) is 1. The van der Waals surface area contributed by atoms with Gasteiger partial charge in [0, 0.05) is 6.08 Å². The van der Waals surface area contributed by atoms with E-state index in [4.69, 9.17) is 4.74 Å². The molecule has 0 heterocycles. The summed E-state index contributed by atoms with van der Waals surface area (Å²) in [5.74, 6) is -0.306. The van der Waals surface area contributed by atoms with E-state index in [2.05, 4.69) is 0 Å². The van der Waals surface area contributed by atoms with Gasteiger partial charge in [0.2, 0.25) is 0 Å². The molecule has 108 valence electrons. The molecule has 0 aromatic heterocycles. The molecular formula is C19H20O2.